The first-order valence-electron chi connectivity index (χ1n) is 9.00. The molecular weight excluding hydrogens is 406 g/mol. The second kappa shape index (κ2) is 9.71. The Kier molecular flexibility index (Phi) is 6.83. The predicted octanol–water partition coefficient (Wildman–Crippen LogP) is 2.47. The zero-order valence-electron chi connectivity index (χ0n) is 15.8. The Morgan fingerprint density at radius 1 is 1.03 bits per heavy atom. The number of para-hydroxylation sites is 1. The van der Waals surface area contributed by atoms with Crippen molar-refractivity contribution in [3.05, 3.63) is 59.7 Å². The molecule has 0 atom stereocenters. The number of anilines is 1. The Bertz CT molecular complexity index is 1010. The lowest BCUT2D eigenvalue weighted by Crippen LogP contribution is -2.32. The van der Waals surface area contributed by atoms with Crippen molar-refractivity contribution < 1.29 is 23.9 Å². The molecular formula is C21H17N3O5S. The normalized spacial score (nSPS) is 12.3. The molecule has 1 heterocycles. The predicted molar refractivity (Wildman–Crippen MR) is 109 cm³/mol. The number of nitriles is 1. The van der Waals surface area contributed by atoms with Gasteiger partial charge in [-0.05, 0) is 24.3 Å². The summed E-state index contributed by atoms with van der Waals surface area (Å²) in [5.74, 6) is -1.90. The van der Waals surface area contributed by atoms with Crippen LogP contribution in [0.15, 0.2) is 53.4 Å². The summed E-state index contributed by atoms with van der Waals surface area (Å²) in [6, 6.07) is 15.4. The molecule has 30 heavy (non-hydrogen) atoms. The van der Waals surface area contributed by atoms with Crippen LogP contribution in [-0.2, 0) is 14.3 Å². The van der Waals surface area contributed by atoms with Crippen LogP contribution in [0, 0.1) is 11.3 Å². The van der Waals surface area contributed by atoms with Crippen molar-refractivity contribution in [1.82, 2.24) is 4.90 Å². The van der Waals surface area contributed by atoms with Crippen LogP contribution in [0.25, 0.3) is 0 Å². The van der Waals surface area contributed by atoms with Gasteiger partial charge in [-0.25, -0.2) is 0 Å². The molecule has 1 aliphatic heterocycles. The van der Waals surface area contributed by atoms with Crippen LogP contribution in [0.2, 0.25) is 0 Å². The minimum absolute atomic E-state index is 0.125. The number of hydrogen-bond donors (Lipinski definition) is 1. The maximum Gasteiger partial charge on any atom is 0.308 e. The number of fused-ring (bicyclic) bond motifs is 1. The van der Waals surface area contributed by atoms with Gasteiger partial charge in [0.05, 0.1) is 35.1 Å². The Morgan fingerprint density at radius 2 is 1.67 bits per heavy atom. The Hall–Kier alpha value is -3.64. The molecule has 2 aromatic carbocycles. The largest absolute Gasteiger partial charge is 0.456 e. The van der Waals surface area contributed by atoms with Crippen molar-refractivity contribution in [2.75, 3.05) is 24.2 Å². The smallest absolute Gasteiger partial charge is 0.308 e. The highest BCUT2D eigenvalue weighted by Crippen LogP contribution is 2.26. The minimum atomic E-state index is -0.700. The van der Waals surface area contributed by atoms with E-state index in [1.165, 1.54) is 11.8 Å². The summed E-state index contributed by atoms with van der Waals surface area (Å²) in [7, 11) is 0. The number of carbonyl (C=O) groups excluding carboxylic acids is 4. The fraction of sp³-hybridized carbons (Fsp3) is 0.190. The van der Waals surface area contributed by atoms with Crippen LogP contribution in [-0.4, -0.2) is 47.5 Å². The summed E-state index contributed by atoms with van der Waals surface area (Å²) in [5, 5.41) is 11.3. The Balaban J connectivity index is 1.47. The van der Waals surface area contributed by atoms with Gasteiger partial charge in [-0.15, -0.1) is 11.8 Å². The number of nitrogens with zero attached hydrogens (tertiary/aromatic N) is 2. The van der Waals surface area contributed by atoms with Crippen molar-refractivity contribution in [2.24, 2.45) is 0 Å². The number of hydrogen-bond acceptors (Lipinski definition) is 7. The van der Waals surface area contributed by atoms with E-state index in [1.807, 2.05) is 6.07 Å². The monoisotopic (exact) mass is 423 g/mol. The van der Waals surface area contributed by atoms with Crippen LogP contribution in [0.4, 0.5) is 5.69 Å². The number of esters is 1. The van der Waals surface area contributed by atoms with E-state index < -0.39 is 30.3 Å². The van der Waals surface area contributed by atoms with Gasteiger partial charge < -0.3 is 10.1 Å². The van der Waals surface area contributed by atoms with Gasteiger partial charge in [-0.1, -0.05) is 24.3 Å². The van der Waals surface area contributed by atoms with Crippen molar-refractivity contribution >= 4 is 41.1 Å². The molecule has 3 amide bonds. The standard InChI is InChI=1S/C21H17N3O5S/c22-10-12-30-17-8-4-3-7-16(17)23-18(25)13-29-19(26)9-11-24-20(27)14-5-1-2-6-15(14)21(24)28/h1-8H,9,11-13H2,(H,23,25). The van der Waals surface area contributed by atoms with Gasteiger partial charge in [-0.3, -0.25) is 24.1 Å². The molecule has 9 heteroatoms. The van der Waals surface area contributed by atoms with Crippen LogP contribution < -0.4 is 5.32 Å². The highest BCUT2D eigenvalue weighted by atomic mass is 32.2. The fourth-order valence-electron chi connectivity index (χ4n) is 2.86. The van der Waals surface area contributed by atoms with Gasteiger partial charge in [0.1, 0.15) is 0 Å². The zero-order valence-corrected chi connectivity index (χ0v) is 16.6. The summed E-state index contributed by atoms with van der Waals surface area (Å²) in [4.78, 5) is 50.3. The molecule has 2 aromatic rings. The third-order valence-corrected chi connectivity index (χ3v) is 5.18. The Labute approximate surface area is 176 Å². The van der Waals surface area contributed by atoms with Gasteiger partial charge in [0.25, 0.3) is 17.7 Å². The first-order valence-corrected chi connectivity index (χ1v) is 9.99. The third kappa shape index (κ3) is 4.85. The van der Waals surface area contributed by atoms with Crippen LogP contribution >= 0.6 is 11.8 Å². The van der Waals surface area contributed by atoms with Gasteiger partial charge >= 0.3 is 5.97 Å². The lowest BCUT2D eigenvalue weighted by Gasteiger charge is -2.13. The van der Waals surface area contributed by atoms with Crippen LogP contribution in [0.1, 0.15) is 27.1 Å². The molecule has 1 N–H and O–H groups in total. The van der Waals surface area contributed by atoms with Gasteiger partial charge in [0.15, 0.2) is 6.61 Å². The van der Waals surface area contributed by atoms with E-state index in [-0.39, 0.29) is 18.7 Å². The number of amides is 3. The third-order valence-electron chi connectivity index (χ3n) is 4.24. The number of imide groups is 1. The molecule has 3 rings (SSSR count). The average molecular weight is 423 g/mol. The molecule has 0 saturated carbocycles. The Morgan fingerprint density at radius 3 is 2.33 bits per heavy atom. The van der Waals surface area contributed by atoms with E-state index in [0.29, 0.717) is 16.8 Å². The number of carbonyl (C=O) groups is 4. The molecule has 8 nitrogen and oxygen atoms in total. The molecule has 0 bridgehead atoms. The quantitative estimate of drug-likeness (QED) is 0.394. The zero-order chi connectivity index (χ0) is 21.5. The SMILES string of the molecule is N#CCSc1ccccc1NC(=O)COC(=O)CCN1C(=O)c2ccccc2C1=O. The minimum Gasteiger partial charge on any atom is -0.456 e. The second-order valence-corrected chi connectivity index (χ2v) is 7.23. The summed E-state index contributed by atoms with van der Waals surface area (Å²) in [5.41, 5.74) is 1.14. The molecule has 0 aromatic heterocycles. The first-order chi connectivity index (χ1) is 14.5. The molecule has 152 valence electrons. The lowest BCUT2D eigenvalue weighted by atomic mass is 10.1. The number of nitrogens with one attached hydrogen (secondary N) is 1. The summed E-state index contributed by atoms with van der Waals surface area (Å²) < 4.78 is 4.95. The summed E-state index contributed by atoms with van der Waals surface area (Å²) in [6.07, 6.45) is -0.215. The van der Waals surface area contributed by atoms with E-state index in [9.17, 15) is 19.2 Å². The highest BCUT2D eigenvalue weighted by molar-refractivity contribution is 7.99. The first kappa shape index (κ1) is 21.1. The van der Waals surface area contributed by atoms with Gasteiger partial charge in [0, 0.05) is 11.4 Å². The van der Waals surface area contributed by atoms with Crippen LogP contribution in [0.3, 0.4) is 0 Å². The van der Waals surface area contributed by atoms with E-state index in [0.717, 1.165) is 9.80 Å². The fourth-order valence-corrected chi connectivity index (χ4v) is 3.53. The topological polar surface area (TPSA) is 117 Å². The summed E-state index contributed by atoms with van der Waals surface area (Å²) >= 11 is 1.28. The van der Waals surface area contributed by atoms with Crippen molar-refractivity contribution in [1.29, 1.82) is 5.26 Å². The van der Waals surface area contributed by atoms with Crippen molar-refractivity contribution in [3.8, 4) is 6.07 Å². The molecule has 1 aliphatic rings. The maximum atomic E-state index is 12.3. The number of benzene rings is 2. The summed E-state index contributed by atoms with van der Waals surface area (Å²) in [6.45, 7) is -0.626. The second-order valence-electron chi connectivity index (χ2n) is 6.21. The van der Waals surface area contributed by atoms with Crippen LogP contribution in [0.5, 0.6) is 0 Å². The molecule has 0 saturated heterocycles. The average Bonchev–Trinajstić information content (AvgIpc) is 3.00. The van der Waals surface area contributed by atoms with Crippen molar-refractivity contribution in [3.63, 3.8) is 0 Å². The number of ether oxygens (including phenoxy) is 1. The maximum absolute atomic E-state index is 12.3. The van der Waals surface area contributed by atoms with Gasteiger partial charge in [0.2, 0.25) is 0 Å². The van der Waals surface area contributed by atoms with E-state index in [2.05, 4.69) is 5.32 Å². The van der Waals surface area contributed by atoms with E-state index in [4.69, 9.17) is 10.00 Å². The van der Waals surface area contributed by atoms with E-state index >= 15 is 0 Å². The molecule has 0 radical (unpaired) electrons. The van der Waals surface area contributed by atoms with Gasteiger partial charge in [-0.2, -0.15) is 5.26 Å². The molecule has 0 fully saturated rings. The number of thioether (sulfide) groups is 1. The molecule has 0 aliphatic carbocycles. The lowest BCUT2D eigenvalue weighted by molar-refractivity contribution is -0.147. The van der Waals surface area contributed by atoms with E-state index in [1.54, 1.807) is 48.5 Å². The number of rotatable bonds is 8. The molecule has 0 unspecified atom stereocenters. The highest BCUT2D eigenvalue weighted by Gasteiger charge is 2.35. The van der Waals surface area contributed by atoms with Crippen molar-refractivity contribution in [2.45, 2.75) is 11.3 Å². The molecule has 0 spiro atoms.